The summed E-state index contributed by atoms with van der Waals surface area (Å²) in [7, 11) is 0. The Morgan fingerprint density at radius 3 is 2.42 bits per heavy atom. The van der Waals surface area contributed by atoms with E-state index in [2.05, 4.69) is 5.16 Å². The van der Waals surface area contributed by atoms with E-state index in [1.54, 1.807) is 12.1 Å². The van der Waals surface area contributed by atoms with Crippen LogP contribution in [0, 0.1) is 5.82 Å². The third-order valence-electron chi connectivity index (χ3n) is 5.86. The minimum absolute atomic E-state index is 0.219. The normalized spacial score (nSPS) is 22.6. The highest BCUT2D eigenvalue weighted by atomic mass is 19.1. The molecule has 2 aliphatic rings. The van der Waals surface area contributed by atoms with Crippen molar-refractivity contribution in [2.24, 2.45) is 5.73 Å². The van der Waals surface area contributed by atoms with Crippen LogP contribution in [0.2, 0.25) is 0 Å². The SMILES string of the molecule is NC1(c2noc(C3(c4cccc(F)c4)CCCCC3)n2)CCCC1. The standard InChI is InChI=1S/C19H24FN3O/c20-15-8-6-7-14(13-15)18(9-2-1-3-10-18)17-22-16(23-24-17)19(21)11-4-5-12-19/h6-8,13H,1-5,9-12,21H2. The molecule has 5 heteroatoms. The zero-order valence-corrected chi connectivity index (χ0v) is 13.9. The number of nitrogens with two attached hydrogens (primary N) is 1. The molecule has 2 aliphatic carbocycles. The summed E-state index contributed by atoms with van der Waals surface area (Å²) < 4.78 is 19.5. The Balaban J connectivity index is 1.76. The van der Waals surface area contributed by atoms with Crippen LogP contribution in [0.15, 0.2) is 28.8 Å². The maximum atomic E-state index is 13.8. The van der Waals surface area contributed by atoms with Gasteiger partial charge in [0.2, 0.25) is 5.89 Å². The minimum atomic E-state index is -0.459. The van der Waals surface area contributed by atoms with Crippen molar-refractivity contribution in [3.8, 4) is 0 Å². The Kier molecular flexibility index (Phi) is 3.91. The smallest absolute Gasteiger partial charge is 0.237 e. The molecule has 1 heterocycles. The molecule has 2 fully saturated rings. The molecule has 1 aromatic heterocycles. The fraction of sp³-hybridized carbons (Fsp3) is 0.579. The predicted octanol–water partition coefficient (Wildman–Crippen LogP) is 4.19. The molecule has 1 aromatic carbocycles. The third-order valence-corrected chi connectivity index (χ3v) is 5.86. The number of nitrogens with zero attached hydrogens (tertiary/aromatic N) is 2. The molecule has 4 nitrogen and oxygen atoms in total. The van der Waals surface area contributed by atoms with E-state index in [4.69, 9.17) is 15.2 Å². The molecule has 128 valence electrons. The number of benzene rings is 1. The Labute approximate surface area is 141 Å². The molecule has 0 radical (unpaired) electrons. The molecule has 0 bridgehead atoms. The summed E-state index contributed by atoms with van der Waals surface area (Å²) in [5.41, 5.74) is 6.59. The molecule has 0 atom stereocenters. The fourth-order valence-corrected chi connectivity index (χ4v) is 4.42. The Morgan fingerprint density at radius 2 is 1.71 bits per heavy atom. The molecule has 0 saturated heterocycles. The number of aromatic nitrogens is 2. The number of hydrogen-bond donors (Lipinski definition) is 1. The maximum absolute atomic E-state index is 13.8. The summed E-state index contributed by atoms with van der Waals surface area (Å²) in [6.45, 7) is 0. The van der Waals surface area contributed by atoms with Gasteiger partial charge in [0.25, 0.3) is 0 Å². The van der Waals surface area contributed by atoms with Gasteiger partial charge in [-0.1, -0.05) is 49.4 Å². The molecule has 0 amide bonds. The second kappa shape index (κ2) is 5.96. The van der Waals surface area contributed by atoms with Crippen molar-refractivity contribution >= 4 is 0 Å². The molecule has 2 aromatic rings. The Bertz CT molecular complexity index is 715. The van der Waals surface area contributed by atoms with Crippen molar-refractivity contribution in [1.82, 2.24) is 10.1 Å². The van der Waals surface area contributed by atoms with Gasteiger partial charge in [0, 0.05) is 0 Å². The first-order valence-corrected chi connectivity index (χ1v) is 9.02. The lowest BCUT2D eigenvalue weighted by atomic mass is 9.69. The zero-order chi connectivity index (χ0) is 16.6. The molecule has 0 unspecified atom stereocenters. The maximum Gasteiger partial charge on any atom is 0.237 e. The second-order valence-electron chi connectivity index (χ2n) is 7.44. The first-order valence-electron chi connectivity index (χ1n) is 9.02. The van der Waals surface area contributed by atoms with Crippen molar-refractivity contribution in [3.05, 3.63) is 47.4 Å². The van der Waals surface area contributed by atoms with E-state index in [0.29, 0.717) is 11.7 Å². The van der Waals surface area contributed by atoms with Crippen LogP contribution in [0.5, 0.6) is 0 Å². The zero-order valence-electron chi connectivity index (χ0n) is 13.9. The third kappa shape index (κ3) is 2.55. The largest absolute Gasteiger partial charge is 0.338 e. The van der Waals surface area contributed by atoms with Crippen molar-refractivity contribution in [2.45, 2.75) is 68.7 Å². The quantitative estimate of drug-likeness (QED) is 0.917. The number of halogens is 1. The summed E-state index contributed by atoms with van der Waals surface area (Å²) in [4.78, 5) is 4.74. The first kappa shape index (κ1) is 15.8. The summed E-state index contributed by atoms with van der Waals surface area (Å²) in [5.74, 6) is 1.01. The molecular formula is C19H24FN3O. The summed E-state index contributed by atoms with van der Waals surface area (Å²) in [6, 6.07) is 6.83. The lowest BCUT2D eigenvalue weighted by molar-refractivity contribution is 0.248. The van der Waals surface area contributed by atoms with Crippen LogP contribution in [-0.2, 0) is 11.0 Å². The van der Waals surface area contributed by atoms with Gasteiger partial charge in [-0.25, -0.2) is 4.39 Å². The van der Waals surface area contributed by atoms with Crippen LogP contribution in [0.4, 0.5) is 4.39 Å². The topological polar surface area (TPSA) is 64.9 Å². The van der Waals surface area contributed by atoms with Gasteiger partial charge in [-0.05, 0) is 43.4 Å². The summed E-state index contributed by atoms with van der Waals surface area (Å²) in [5, 5.41) is 4.23. The fourth-order valence-electron chi connectivity index (χ4n) is 4.42. The van der Waals surface area contributed by atoms with Crippen LogP contribution in [0.1, 0.15) is 75.1 Å². The summed E-state index contributed by atoms with van der Waals surface area (Å²) >= 11 is 0. The van der Waals surface area contributed by atoms with Crippen LogP contribution >= 0.6 is 0 Å². The van der Waals surface area contributed by atoms with Gasteiger partial charge in [-0.3, -0.25) is 0 Å². The van der Waals surface area contributed by atoms with Gasteiger partial charge >= 0.3 is 0 Å². The highest BCUT2D eigenvalue weighted by Crippen LogP contribution is 2.45. The van der Waals surface area contributed by atoms with Crippen molar-refractivity contribution in [3.63, 3.8) is 0 Å². The van der Waals surface area contributed by atoms with Crippen molar-refractivity contribution in [1.29, 1.82) is 0 Å². The van der Waals surface area contributed by atoms with Crippen LogP contribution in [0.25, 0.3) is 0 Å². The molecule has 24 heavy (non-hydrogen) atoms. The van der Waals surface area contributed by atoms with Gasteiger partial charge < -0.3 is 10.3 Å². The molecule has 2 saturated carbocycles. The van der Waals surface area contributed by atoms with E-state index in [1.165, 1.54) is 12.5 Å². The lowest BCUT2D eigenvalue weighted by Crippen LogP contribution is -2.35. The molecule has 2 N–H and O–H groups in total. The van der Waals surface area contributed by atoms with Crippen LogP contribution < -0.4 is 5.73 Å². The van der Waals surface area contributed by atoms with Gasteiger partial charge in [0.15, 0.2) is 5.82 Å². The van der Waals surface area contributed by atoms with Crippen molar-refractivity contribution < 1.29 is 8.91 Å². The first-order chi connectivity index (χ1) is 11.6. The summed E-state index contributed by atoms with van der Waals surface area (Å²) in [6.07, 6.45) is 9.21. The molecule has 0 aliphatic heterocycles. The number of rotatable bonds is 3. The molecule has 0 spiro atoms. The van der Waals surface area contributed by atoms with Crippen molar-refractivity contribution in [2.75, 3.05) is 0 Å². The van der Waals surface area contributed by atoms with Gasteiger partial charge in [0.05, 0.1) is 11.0 Å². The van der Waals surface area contributed by atoms with E-state index in [9.17, 15) is 4.39 Å². The van der Waals surface area contributed by atoms with E-state index in [0.717, 1.165) is 56.9 Å². The van der Waals surface area contributed by atoms with E-state index in [1.807, 2.05) is 6.07 Å². The monoisotopic (exact) mass is 329 g/mol. The van der Waals surface area contributed by atoms with Gasteiger partial charge in [-0.2, -0.15) is 4.98 Å². The highest BCUT2D eigenvalue weighted by Gasteiger charge is 2.43. The molecule has 4 rings (SSSR count). The molecular weight excluding hydrogens is 305 g/mol. The second-order valence-corrected chi connectivity index (χ2v) is 7.44. The minimum Gasteiger partial charge on any atom is -0.338 e. The van der Waals surface area contributed by atoms with E-state index >= 15 is 0 Å². The van der Waals surface area contributed by atoms with Gasteiger partial charge in [-0.15, -0.1) is 0 Å². The predicted molar refractivity (Wildman–Crippen MR) is 88.9 cm³/mol. The highest BCUT2D eigenvalue weighted by molar-refractivity contribution is 5.33. The Hall–Kier alpha value is -1.75. The van der Waals surface area contributed by atoms with Gasteiger partial charge in [0.1, 0.15) is 5.82 Å². The van der Waals surface area contributed by atoms with E-state index in [-0.39, 0.29) is 11.2 Å². The lowest BCUT2D eigenvalue weighted by Gasteiger charge is -2.34. The van der Waals surface area contributed by atoms with E-state index < -0.39 is 5.54 Å². The average Bonchev–Trinajstić information content (AvgIpc) is 3.26. The number of hydrogen-bond acceptors (Lipinski definition) is 4. The van der Waals surface area contributed by atoms with Crippen LogP contribution in [0.3, 0.4) is 0 Å². The average molecular weight is 329 g/mol. The Morgan fingerprint density at radius 1 is 1.00 bits per heavy atom. The van der Waals surface area contributed by atoms with Crippen LogP contribution in [-0.4, -0.2) is 10.1 Å².